The fourth-order valence-corrected chi connectivity index (χ4v) is 4.74. The monoisotopic (exact) mass is 492 g/mol. The van der Waals surface area contributed by atoms with E-state index >= 15 is 0 Å². The maximum atomic E-state index is 14.3. The van der Waals surface area contributed by atoms with Crippen molar-refractivity contribution < 1.29 is 27.8 Å². The Morgan fingerprint density at radius 1 is 0.861 bits per heavy atom. The van der Waals surface area contributed by atoms with Crippen LogP contribution in [0.2, 0.25) is 0 Å². The number of anilines is 1. The summed E-state index contributed by atoms with van der Waals surface area (Å²) >= 11 is 0. The molecule has 1 aliphatic carbocycles. The molecular weight excluding hydrogens is 466 g/mol. The van der Waals surface area contributed by atoms with Gasteiger partial charge in [0.05, 0.1) is 0 Å². The van der Waals surface area contributed by atoms with Gasteiger partial charge in [-0.2, -0.15) is 0 Å². The minimum Gasteiger partial charge on any atom is -0.486 e. The Bertz CT molecular complexity index is 1260. The third-order valence-electron chi connectivity index (χ3n) is 6.49. The van der Waals surface area contributed by atoms with E-state index in [0.717, 1.165) is 25.7 Å². The topological polar surface area (TPSA) is 67.9 Å². The maximum Gasteiger partial charge on any atom is 0.259 e. The number of rotatable bonds is 6. The second-order valence-electron chi connectivity index (χ2n) is 8.96. The van der Waals surface area contributed by atoms with Crippen molar-refractivity contribution >= 4 is 17.5 Å². The number of carbonyl (C=O) groups is 2. The standard InChI is InChI=1S/C28H26F2N2O4/c29-20-11-8-18(9-12-20)26(27(33)31-22-5-1-2-6-22)32(23-7-3-4-21(30)17-23)28(34)19-10-13-24-25(16-19)36-15-14-35-24/h3-4,7-13,16-17,22,26H,1-2,5-6,14-15H2,(H,31,33)/t26-/m1/s1. The molecule has 1 atom stereocenters. The average molecular weight is 493 g/mol. The van der Waals surface area contributed by atoms with Crippen molar-refractivity contribution in [1.29, 1.82) is 0 Å². The molecule has 1 heterocycles. The van der Waals surface area contributed by atoms with E-state index in [2.05, 4.69) is 5.32 Å². The van der Waals surface area contributed by atoms with E-state index in [1.54, 1.807) is 24.3 Å². The molecule has 0 radical (unpaired) electrons. The van der Waals surface area contributed by atoms with Crippen molar-refractivity contribution in [3.8, 4) is 11.5 Å². The van der Waals surface area contributed by atoms with Gasteiger partial charge in [0.15, 0.2) is 11.5 Å². The molecule has 5 rings (SSSR count). The minimum atomic E-state index is -1.16. The average Bonchev–Trinajstić information content (AvgIpc) is 3.40. The van der Waals surface area contributed by atoms with Crippen LogP contribution in [0.5, 0.6) is 11.5 Å². The van der Waals surface area contributed by atoms with E-state index in [1.165, 1.54) is 47.4 Å². The Morgan fingerprint density at radius 3 is 2.31 bits per heavy atom. The minimum absolute atomic E-state index is 0.0146. The van der Waals surface area contributed by atoms with Gasteiger partial charge in [0.25, 0.3) is 5.91 Å². The summed E-state index contributed by atoms with van der Waals surface area (Å²) in [4.78, 5) is 29.0. The predicted molar refractivity (Wildman–Crippen MR) is 130 cm³/mol. The van der Waals surface area contributed by atoms with Gasteiger partial charge >= 0.3 is 0 Å². The van der Waals surface area contributed by atoms with Crippen LogP contribution in [0.4, 0.5) is 14.5 Å². The summed E-state index contributed by atoms with van der Waals surface area (Å²) in [5, 5.41) is 3.05. The predicted octanol–water partition coefficient (Wildman–Crippen LogP) is 5.18. The van der Waals surface area contributed by atoms with Crippen LogP contribution in [0, 0.1) is 11.6 Å². The van der Waals surface area contributed by atoms with Gasteiger partial charge in [-0.05, 0) is 66.9 Å². The quantitative estimate of drug-likeness (QED) is 0.515. The van der Waals surface area contributed by atoms with E-state index in [9.17, 15) is 18.4 Å². The van der Waals surface area contributed by atoms with Crippen molar-refractivity contribution in [2.75, 3.05) is 18.1 Å². The Kier molecular flexibility index (Phi) is 6.84. The van der Waals surface area contributed by atoms with Gasteiger partial charge in [-0.1, -0.05) is 31.0 Å². The summed E-state index contributed by atoms with van der Waals surface area (Å²) in [7, 11) is 0. The zero-order valence-corrected chi connectivity index (χ0v) is 19.6. The van der Waals surface area contributed by atoms with Crippen molar-refractivity contribution in [2.24, 2.45) is 0 Å². The molecule has 0 spiro atoms. The highest BCUT2D eigenvalue weighted by Gasteiger charge is 2.35. The van der Waals surface area contributed by atoms with Gasteiger partial charge in [-0.3, -0.25) is 14.5 Å². The molecule has 0 bridgehead atoms. The number of nitrogens with one attached hydrogen (secondary N) is 1. The number of fused-ring (bicyclic) bond motifs is 1. The van der Waals surface area contributed by atoms with E-state index in [1.807, 2.05) is 0 Å². The zero-order chi connectivity index (χ0) is 25.1. The van der Waals surface area contributed by atoms with Gasteiger partial charge < -0.3 is 14.8 Å². The van der Waals surface area contributed by atoms with E-state index in [4.69, 9.17) is 9.47 Å². The second kappa shape index (κ2) is 10.4. The lowest BCUT2D eigenvalue weighted by atomic mass is 10.0. The summed E-state index contributed by atoms with van der Waals surface area (Å²) in [5.41, 5.74) is 0.845. The lowest BCUT2D eigenvalue weighted by molar-refractivity contribution is -0.123. The van der Waals surface area contributed by atoms with E-state index in [0.29, 0.717) is 30.3 Å². The largest absolute Gasteiger partial charge is 0.486 e. The molecule has 1 fully saturated rings. The SMILES string of the molecule is O=C(NC1CCCC1)[C@@H](c1ccc(F)cc1)N(C(=O)c1ccc2c(c1)OCCO2)c1cccc(F)c1. The van der Waals surface area contributed by atoms with Crippen LogP contribution in [-0.4, -0.2) is 31.1 Å². The molecule has 36 heavy (non-hydrogen) atoms. The first-order chi connectivity index (χ1) is 17.5. The smallest absolute Gasteiger partial charge is 0.259 e. The Morgan fingerprint density at radius 2 is 1.58 bits per heavy atom. The molecule has 1 N–H and O–H groups in total. The van der Waals surface area contributed by atoms with Gasteiger partial charge in [0.1, 0.15) is 30.9 Å². The van der Waals surface area contributed by atoms with Gasteiger partial charge in [0.2, 0.25) is 5.91 Å². The lowest BCUT2D eigenvalue weighted by Crippen LogP contribution is -2.46. The molecule has 0 unspecified atom stereocenters. The van der Waals surface area contributed by atoms with Crippen LogP contribution in [0.1, 0.15) is 47.6 Å². The molecule has 2 aliphatic rings. The normalized spacial score (nSPS) is 15.8. The number of benzene rings is 3. The van der Waals surface area contributed by atoms with Crippen LogP contribution < -0.4 is 19.7 Å². The van der Waals surface area contributed by atoms with Crippen molar-refractivity contribution in [2.45, 2.75) is 37.8 Å². The summed E-state index contributed by atoms with van der Waals surface area (Å²) in [6.07, 6.45) is 3.71. The third kappa shape index (κ3) is 5.03. The number of ether oxygens (including phenoxy) is 2. The second-order valence-corrected chi connectivity index (χ2v) is 8.96. The van der Waals surface area contributed by atoms with Gasteiger partial charge in [-0.25, -0.2) is 8.78 Å². The molecule has 8 heteroatoms. The first kappa shape index (κ1) is 23.8. The molecule has 0 aromatic heterocycles. The zero-order valence-electron chi connectivity index (χ0n) is 19.6. The van der Waals surface area contributed by atoms with Crippen LogP contribution in [0.3, 0.4) is 0 Å². The summed E-state index contributed by atoms with van der Waals surface area (Å²) in [5.74, 6) is -1.04. The Labute approximate surface area is 207 Å². The fraction of sp³-hybridized carbons (Fsp3) is 0.286. The van der Waals surface area contributed by atoms with E-state index < -0.39 is 29.5 Å². The maximum absolute atomic E-state index is 14.3. The number of carbonyl (C=O) groups excluding carboxylic acids is 2. The number of amides is 2. The number of nitrogens with zero attached hydrogens (tertiary/aromatic N) is 1. The lowest BCUT2D eigenvalue weighted by Gasteiger charge is -2.32. The summed E-state index contributed by atoms with van der Waals surface area (Å²) in [6.45, 7) is 0.754. The van der Waals surface area contributed by atoms with Crippen LogP contribution in [-0.2, 0) is 4.79 Å². The Balaban J connectivity index is 1.60. The molecule has 0 saturated heterocycles. The molecule has 186 valence electrons. The molecule has 1 saturated carbocycles. The highest BCUT2D eigenvalue weighted by atomic mass is 19.1. The molecular formula is C28H26F2N2O4. The first-order valence-electron chi connectivity index (χ1n) is 12.0. The number of hydrogen-bond donors (Lipinski definition) is 1. The fourth-order valence-electron chi connectivity index (χ4n) is 4.74. The molecule has 3 aromatic carbocycles. The van der Waals surface area contributed by atoms with Crippen LogP contribution in [0.25, 0.3) is 0 Å². The van der Waals surface area contributed by atoms with E-state index in [-0.39, 0.29) is 17.3 Å². The van der Waals surface area contributed by atoms with Crippen molar-refractivity contribution in [3.63, 3.8) is 0 Å². The highest BCUT2D eigenvalue weighted by Crippen LogP contribution is 2.35. The van der Waals surface area contributed by atoms with Crippen LogP contribution in [0.15, 0.2) is 66.7 Å². The Hall–Kier alpha value is -3.94. The molecule has 2 amide bonds. The number of hydrogen-bond acceptors (Lipinski definition) is 4. The van der Waals surface area contributed by atoms with Crippen molar-refractivity contribution in [3.05, 3.63) is 89.5 Å². The molecule has 6 nitrogen and oxygen atoms in total. The molecule has 3 aromatic rings. The summed E-state index contributed by atoms with van der Waals surface area (Å²) in [6, 6.07) is 14.5. The third-order valence-corrected chi connectivity index (χ3v) is 6.49. The number of halogens is 2. The summed E-state index contributed by atoms with van der Waals surface area (Å²) < 4.78 is 39.3. The van der Waals surface area contributed by atoms with Gasteiger partial charge in [-0.15, -0.1) is 0 Å². The first-order valence-corrected chi connectivity index (χ1v) is 12.0. The van der Waals surface area contributed by atoms with Crippen LogP contribution >= 0.6 is 0 Å². The molecule has 1 aliphatic heterocycles. The highest BCUT2D eigenvalue weighted by molar-refractivity contribution is 6.10. The van der Waals surface area contributed by atoms with Gasteiger partial charge in [0, 0.05) is 17.3 Å². The van der Waals surface area contributed by atoms with Crippen molar-refractivity contribution in [1.82, 2.24) is 5.32 Å².